The van der Waals surface area contributed by atoms with Crippen LogP contribution in [0.2, 0.25) is 0 Å². The number of aromatic nitrogens is 1. The van der Waals surface area contributed by atoms with E-state index in [0.29, 0.717) is 0 Å². The van der Waals surface area contributed by atoms with Gasteiger partial charge in [0.05, 0.1) is 5.41 Å². The van der Waals surface area contributed by atoms with E-state index in [-0.39, 0.29) is 16.4 Å². The zero-order chi connectivity index (χ0) is 23.6. The van der Waals surface area contributed by atoms with Crippen LogP contribution >= 0.6 is 0 Å². The summed E-state index contributed by atoms with van der Waals surface area (Å²) in [6.45, 7) is 16.9. The van der Waals surface area contributed by atoms with Crippen LogP contribution in [0, 0.1) is 5.41 Å². The summed E-state index contributed by atoms with van der Waals surface area (Å²) < 4.78 is 2.66. The molecule has 0 saturated heterocycles. The molecule has 2 aliphatic rings. The minimum atomic E-state index is -0.00727. The highest BCUT2D eigenvalue weighted by Crippen LogP contribution is 2.63. The molecule has 0 amide bonds. The summed E-state index contributed by atoms with van der Waals surface area (Å²) in [6.07, 6.45) is 8.36. The summed E-state index contributed by atoms with van der Waals surface area (Å²) >= 11 is 0. The fraction of sp³-hybridized carbons (Fsp3) is 0.469. The van der Waals surface area contributed by atoms with Gasteiger partial charge < -0.3 is 0 Å². The standard InChI is InChI=1S/C32H40N/c1-8-11-14-22-17-18-23-21-33-27(20-24(23)19-22)29-28(31(6,9-2)32(33,7)10-3)25-15-12-13-16-26(25)30(29,4)5/h12-13,15-21H,8-11,14H2,1-7H3/q+1. The smallest absolute Gasteiger partial charge is 0.192 e. The minimum Gasteiger partial charge on any atom is -0.192 e. The van der Waals surface area contributed by atoms with E-state index in [4.69, 9.17) is 0 Å². The first-order valence-electron chi connectivity index (χ1n) is 13.1. The fourth-order valence-electron chi connectivity index (χ4n) is 6.93. The summed E-state index contributed by atoms with van der Waals surface area (Å²) in [5.74, 6) is 0. The van der Waals surface area contributed by atoms with Gasteiger partial charge in [-0.15, -0.1) is 0 Å². The van der Waals surface area contributed by atoms with Crippen LogP contribution in [0.4, 0.5) is 0 Å². The number of fused-ring (bicyclic) bond motifs is 5. The van der Waals surface area contributed by atoms with E-state index in [1.807, 2.05) is 0 Å². The molecule has 172 valence electrons. The Morgan fingerprint density at radius 3 is 2.24 bits per heavy atom. The summed E-state index contributed by atoms with van der Waals surface area (Å²) in [7, 11) is 0. The molecule has 0 radical (unpaired) electrons. The lowest BCUT2D eigenvalue weighted by atomic mass is 9.59. The van der Waals surface area contributed by atoms with Gasteiger partial charge >= 0.3 is 0 Å². The number of aryl methyl sites for hydroxylation is 1. The maximum atomic E-state index is 2.66. The van der Waals surface area contributed by atoms with Crippen molar-refractivity contribution in [2.75, 3.05) is 0 Å². The zero-order valence-electron chi connectivity index (χ0n) is 21.7. The first-order valence-corrected chi connectivity index (χ1v) is 13.1. The van der Waals surface area contributed by atoms with Gasteiger partial charge in [0.1, 0.15) is 0 Å². The van der Waals surface area contributed by atoms with Gasteiger partial charge in [0, 0.05) is 35.8 Å². The van der Waals surface area contributed by atoms with E-state index < -0.39 is 0 Å². The number of nitrogens with zero attached hydrogens (tertiary/aromatic N) is 1. The molecule has 1 aliphatic carbocycles. The number of allylic oxidation sites excluding steroid dienone is 2. The number of hydrogen-bond donors (Lipinski definition) is 0. The van der Waals surface area contributed by atoms with Crippen LogP contribution in [0.15, 0.2) is 54.7 Å². The highest BCUT2D eigenvalue weighted by atomic mass is 15.1. The lowest BCUT2D eigenvalue weighted by Gasteiger charge is -2.47. The maximum absolute atomic E-state index is 2.66. The molecule has 1 nitrogen and oxygen atoms in total. The van der Waals surface area contributed by atoms with E-state index >= 15 is 0 Å². The monoisotopic (exact) mass is 438 g/mol. The first kappa shape index (κ1) is 22.4. The van der Waals surface area contributed by atoms with Crippen molar-refractivity contribution in [1.82, 2.24) is 0 Å². The van der Waals surface area contributed by atoms with Gasteiger partial charge in [-0.05, 0) is 59.9 Å². The molecular weight excluding hydrogens is 398 g/mol. The predicted octanol–water partition coefficient (Wildman–Crippen LogP) is 8.23. The third-order valence-electron chi connectivity index (χ3n) is 9.46. The summed E-state index contributed by atoms with van der Waals surface area (Å²) in [6, 6.07) is 18.8. The molecule has 2 aromatic carbocycles. The van der Waals surface area contributed by atoms with Crippen molar-refractivity contribution in [3.8, 4) is 0 Å². The van der Waals surface area contributed by atoms with Crippen LogP contribution in [0.5, 0.6) is 0 Å². The van der Waals surface area contributed by atoms with Gasteiger partial charge in [0.15, 0.2) is 11.7 Å². The molecule has 2 unspecified atom stereocenters. The Morgan fingerprint density at radius 1 is 0.788 bits per heavy atom. The third-order valence-corrected chi connectivity index (χ3v) is 9.46. The first-order chi connectivity index (χ1) is 15.7. The van der Waals surface area contributed by atoms with Gasteiger partial charge in [0.25, 0.3) is 0 Å². The molecule has 2 heterocycles. The molecule has 33 heavy (non-hydrogen) atoms. The number of pyridine rings is 1. The Labute approximate surface area is 200 Å². The molecule has 2 atom stereocenters. The Balaban J connectivity index is 1.87. The normalized spacial score (nSPS) is 25.2. The average Bonchev–Trinajstić information content (AvgIpc) is 3.07. The van der Waals surface area contributed by atoms with Crippen molar-refractivity contribution in [1.29, 1.82) is 0 Å². The molecule has 0 fully saturated rings. The quantitative estimate of drug-likeness (QED) is 0.353. The van der Waals surface area contributed by atoms with Crippen LogP contribution in [0.1, 0.15) is 96.5 Å². The van der Waals surface area contributed by atoms with Crippen LogP contribution in [0.3, 0.4) is 0 Å². The van der Waals surface area contributed by atoms with Gasteiger partial charge in [-0.1, -0.05) is 77.4 Å². The van der Waals surface area contributed by atoms with Crippen LogP contribution < -0.4 is 4.57 Å². The fourth-order valence-corrected chi connectivity index (χ4v) is 6.93. The lowest BCUT2D eigenvalue weighted by Crippen LogP contribution is -2.66. The highest BCUT2D eigenvalue weighted by Gasteiger charge is 2.61. The second kappa shape index (κ2) is 7.55. The third kappa shape index (κ3) is 2.87. The van der Waals surface area contributed by atoms with Gasteiger partial charge in [-0.2, -0.15) is 4.57 Å². The Morgan fingerprint density at radius 2 is 1.55 bits per heavy atom. The second-order valence-electron chi connectivity index (χ2n) is 11.3. The molecule has 0 spiro atoms. The molecule has 0 N–H and O–H groups in total. The lowest BCUT2D eigenvalue weighted by molar-refractivity contribution is -0.777. The summed E-state index contributed by atoms with van der Waals surface area (Å²) in [5.41, 5.74) is 9.05. The van der Waals surface area contributed by atoms with E-state index in [0.717, 1.165) is 12.8 Å². The SMILES string of the molecule is CCCCc1ccc2c[n+]3c(cc2c1)C1=C(c2ccccc2C1(C)C)C(C)(CC)C3(C)CC. The van der Waals surface area contributed by atoms with Crippen LogP contribution in [-0.4, -0.2) is 0 Å². The Bertz CT molecular complexity index is 1280. The molecule has 0 bridgehead atoms. The predicted molar refractivity (Wildman–Crippen MR) is 141 cm³/mol. The zero-order valence-corrected chi connectivity index (χ0v) is 21.7. The van der Waals surface area contributed by atoms with Crippen molar-refractivity contribution in [2.45, 2.75) is 91.5 Å². The molecule has 1 aromatic heterocycles. The Hall–Kier alpha value is -2.41. The number of benzene rings is 2. The Kier molecular flexibility index (Phi) is 5.12. The average molecular weight is 439 g/mol. The van der Waals surface area contributed by atoms with Crippen molar-refractivity contribution in [3.05, 3.63) is 77.1 Å². The number of unbranched alkanes of at least 4 members (excludes halogenated alkanes) is 1. The van der Waals surface area contributed by atoms with Crippen molar-refractivity contribution in [2.24, 2.45) is 5.41 Å². The van der Waals surface area contributed by atoms with Gasteiger partial charge in [0.2, 0.25) is 5.69 Å². The number of hydrogen-bond acceptors (Lipinski definition) is 0. The number of rotatable bonds is 5. The molecule has 5 rings (SSSR count). The molecular formula is C32H40N+. The van der Waals surface area contributed by atoms with Crippen molar-refractivity contribution < 1.29 is 4.57 Å². The van der Waals surface area contributed by atoms with Crippen LogP contribution in [0.25, 0.3) is 21.9 Å². The van der Waals surface area contributed by atoms with Crippen molar-refractivity contribution >= 4 is 21.9 Å². The highest BCUT2D eigenvalue weighted by molar-refractivity contribution is 6.03. The van der Waals surface area contributed by atoms with E-state index in [9.17, 15) is 0 Å². The summed E-state index contributed by atoms with van der Waals surface area (Å²) in [5, 5.41) is 2.74. The van der Waals surface area contributed by atoms with E-state index in [2.05, 4.69) is 108 Å². The minimum absolute atomic E-state index is 0.00727. The summed E-state index contributed by atoms with van der Waals surface area (Å²) in [4.78, 5) is 0. The van der Waals surface area contributed by atoms with Gasteiger partial charge in [-0.3, -0.25) is 0 Å². The second-order valence-corrected chi connectivity index (χ2v) is 11.3. The van der Waals surface area contributed by atoms with E-state index in [1.165, 1.54) is 52.4 Å². The van der Waals surface area contributed by atoms with E-state index in [1.54, 1.807) is 11.1 Å². The largest absolute Gasteiger partial charge is 0.210 e. The molecule has 1 heteroatoms. The topological polar surface area (TPSA) is 3.88 Å². The molecule has 0 saturated carbocycles. The molecule has 1 aliphatic heterocycles. The van der Waals surface area contributed by atoms with Gasteiger partial charge in [-0.25, -0.2) is 0 Å². The molecule has 3 aromatic rings. The van der Waals surface area contributed by atoms with Crippen molar-refractivity contribution in [3.63, 3.8) is 0 Å². The maximum Gasteiger partial charge on any atom is 0.210 e. The van der Waals surface area contributed by atoms with Crippen LogP contribution in [-0.2, 0) is 17.4 Å².